The molecule has 1 aliphatic rings. The second kappa shape index (κ2) is 6.79. The molecule has 4 heteroatoms. The molecular formula is C14H19N3O. The molecule has 0 bridgehead atoms. The summed E-state index contributed by atoms with van der Waals surface area (Å²) in [6.07, 6.45) is 12.4. The summed E-state index contributed by atoms with van der Waals surface area (Å²) < 4.78 is 0. The van der Waals surface area contributed by atoms with Crippen molar-refractivity contribution in [2.45, 2.75) is 32.2 Å². The molecule has 1 aromatic rings. The van der Waals surface area contributed by atoms with E-state index in [-0.39, 0.29) is 6.03 Å². The standard InChI is InChI=1S/C14H19N3O/c18-14(16-10-7-12-3-1-2-4-12)17-11-13-5-8-15-9-6-13/h5-10,12H,1-4,11H2,(H2,16,17,18)/b10-7+. The van der Waals surface area contributed by atoms with Crippen LogP contribution in [0.2, 0.25) is 0 Å². The number of nitrogens with zero attached hydrogens (tertiary/aromatic N) is 1. The molecule has 4 nitrogen and oxygen atoms in total. The van der Waals surface area contributed by atoms with Crippen molar-refractivity contribution < 1.29 is 4.79 Å². The molecule has 1 saturated carbocycles. The van der Waals surface area contributed by atoms with Crippen molar-refractivity contribution in [3.63, 3.8) is 0 Å². The van der Waals surface area contributed by atoms with Gasteiger partial charge in [-0.15, -0.1) is 0 Å². The first kappa shape index (κ1) is 12.6. The normalized spacial score (nSPS) is 16.0. The number of urea groups is 1. The third kappa shape index (κ3) is 4.20. The number of aromatic nitrogens is 1. The largest absolute Gasteiger partial charge is 0.334 e. The van der Waals surface area contributed by atoms with E-state index in [0.29, 0.717) is 12.5 Å². The van der Waals surface area contributed by atoms with Crippen molar-refractivity contribution in [2.75, 3.05) is 0 Å². The number of amides is 2. The van der Waals surface area contributed by atoms with Gasteiger partial charge in [-0.3, -0.25) is 4.98 Å². The zero-order chi connectivity index (χ0) is 12.6. The van der Waals surface area contributed by atoms with E-state index >= 15 is 0 Å². The predicted octanol–water partition coefficient (Wildman–Crippen LogP) is 2.58. The second-order valence-electron chi connectivity index (χ2n) is 4.59. The summed E-state index contributed by atoms with van der Waals surface area (Å²) in [5.74, 6) is 0.644. The molecule has 0 spiro atoms. The van der Waals surface area contributed by atoms with Gasteiger partial charge < -0.3 is 10.6 Å². The fraction of sp³-hybridized carbons (Fsp3) is 0.429. The summed E-state index contributed by atoms with van der Waals surface area (Å²) in [6, 6.07) is 3.60. The molecule has 1 aromatic heterocycles. The molecular weight excluding hydrogens is 226 g/mol. The van der Waals surface area contributed by atoms with Gasteiger partial charge in [0.2, 0.25) is 0 Å². The lowest BCUT2D eigenvalue weighted by molar-refractivity contribution is 0.243. The van der Waals surface area contributed by atoms with Crippen LogP contribution in [0.3, 0.4) is 0 Å². The van der Waals surface area contributed by atoms with Crippen molar-refractivity contribution in [1.29, 1.82) is 0 Å². The lowest BCUT2D eigenvalue weighted by Gasteiger charge is -2.05. The van der Waals surface area contributed by atoms with Gasteiger partial charge in [-0.05, 0) is 36.5 Å². The third-order valence-electron chi connectivity index (χ3n) is 3.19. The molecule has 2 amide bonds. The van der Waals surface area contributed by atoms with Gasteiger partial charge in [-0.2, -0.15) is 0 Å². The number of allylic oxidation sites excluding steroid dienone is 1. The Morgan fingerprint density at radius 1 is 1.33 bits per heavy atom. The maximum atomic E-state index is 11.5. The smallest absolute Gasteiger partial charge is 0.319 e. The third-order valence-corrected chi connectivity index (χ3v) is 3.19. The van der Waals surface area contributed by atoms with Gasteiger partial charge in [0, 0.05) is 25.1 Å². The summed E-state index contributed by atoms with van der Waals surface area (Å²) in [5, 5.41) is 5.53. The van der Waals surface area contributed by atoms with E-state index in [1.807, 2.05) is 12.1 Å². The number of hydrogen-bond acceptors (Lipinski definition) is 2. The summed E-state index contributed by atoms with van der Waals surface area (Å²) >= 11 is 0. The molecule has 1 heterocycles. The fourth-order valence-electron chi connectivity index (χ4n) is 2.14. The average Bonchev–Trinajstić information content (AvgIpc) is 2.91. The molecule has 0 radical (unpaired) electrons. The Hall–Kier alpha value is -1.84. The van der Waals surface area contributed by atoms with E-state index in [1.165, 1.54) is 25.7 Å². The number of nitrogens with one attached hydrogen (secondary N) is 2. The van der Waals surface area contributed by atoms with Crippen molar-refractivity contribution in [3.8, 4) is 0 Å². The van der Waals surface area contributed by atoms with Gasteiger partial charge >= 0.3 is 6.03 Å². The van der Waals surface area contributed by atoms with E-state index in [4.69, 9.17) is 0 Å². The van der Waals surface area contributed by atoms with Gasteiger partial charge in [-0.25, -0.2) is 4.79 Å². The van der Waals surface area contributed by atoms with Crippen LogP contribution in [0.4, 0.5) is 4.79 Å². The van der Waals surface area contributed by atoms with Gasteiger partial charge in [0.1, 0.15) is 0 Å². The van der Waals surface area contributed by atoms with Crippen LogP contribution >= 0.6 is 0 Å². The number of pyridine rings is 1. The monoisotopic (exact) mass is 245 g/mol. The maximum Gasteiger partial charge on any atom is 0.319 e. The van der Waals surface area contributed by atoms with E-state index in [0.717, 1.165) is 5.56 Å². The molecule has 18 heavy (non-hydrogen) atoms. The number of carbonyl (C=O) groups excluding carboxylic acids is 1. The highest BCUT2D eigenvalue weighted by Gasteiger charge is 2.11. The van der Waals surface area contributed by atoms with Crippen molar-refractivity contribution in [1.82, 2.24) is 15.6 Å². The Morgan fingerprint density at radius 3 is 2.78 bits per heavy atom. The first-order valence-electron chi connectivity index (χ1n) is 6.44. The van der Waals surface area contributed by atoms with Crippen LogP contribution in [0.1, 0.15) is 31.2 Å². The van der Waals surface area contributed by atoms with Crippen LogP contribution in [-0.2, 0) is 6.54 Å². The molecule has 0 aromatic carbocycles. The van der Waals surface area contributed by atoms with Gasteiger partial charge in [0.15, 0.2) is 0 Å². The molecule has 0 unspecified atom stereocenters. The Balaban J connectivity index is 1.66. The lowest BCUT2D eigenvalue weighted by atomic mass is 10.1. The van der Waals surface area contributed by atoms with Crippen molar-refractivity contribution in [2.24, 2.45) is 5.92 Å². The molecule has 1 fully saturated rings. The highest BCUT2D eigenvalue weighted by molar-refractivity contribution is 5.74. The van der Waals surface area contributed by atoms with Crippen LogP contribution in [0.15, 0.2) is 36.8 Å². The first-order valence-corrected chi connectivity index (χ1v) is 6.44. The molecule has 0 atom stereocenters. The van der Waals surface area contributed by atoms with Gasteiger partial charge in [0.05, 0.1) is 0 Å². The minimum Gasteiger partial charge on any atom is -0.334 e. The SMILES string of the molecule is O=C(N/C=C/C1CCCC1)NCc1ccncc1. The minimum atomic E-state index is -0.166. The zero-order valence-electron chi connectivity index (χ0n) is 10.4. The Bertz CT molecular complexity index is 397. The van der Waals surface area contributed by atoms with Crippen molar-refractivity contribution >= 4 is 6.03 Å². The predicted molar refractivity (Wildman–Crippen MR) is 70.7 cm³/mol. The summed E-state index contributed by atoms with van der Waals surface area (Å²) in [4.78, 5) is 15.4. The van der Waals surface area contributed by atoms with Crippen LogP contribution < -0.4 is 10.6 Å². The quantitative estimate of drug-likeness (QED) is 0.856. The maximum absolute atomic E-state index is 11.5. The zero-order valence-corrected chi connectivity index (χ0v) is 10.4. The lowest BCUT2D eigenvalue weighted by Crippen LogP contribution is -2.31. The van der Waals surface area contributed by atoms with E-state index in [1.54, 1.807) is 18.6 Å². The van der Waals surface area contributed by atoms with E-state index in [2.05, 4.69) is 21.7 Å². The summed E-state index contributed by atoms with van der Waals surface area (Å²) in [6.45, 7) is 0.519. The number of carbonyl (C=O) groups is 1. The topological polar surface area (TPSA) is 54.0 Å². The molecule has 2 N–H and O–H groups in total. The average molecular weight is 245 g/mol. The fourth-order valence-corrected chi connectivity index (χ4v) is 2.14. The Kier molecular flexibility index (Phi) is 4.76. The van der Waals surface area contributed by atoms with Gasteiger partial charge in [0.25, 0.3) is 0 Å². The first-order chi connectivity index (χ1) is 8.84. The summed E-state index contributed by atoms with van der Waals surface area (Å²) in [7, 11) is 0. The Morgan fingerprint density at radius 2 is 2.06 bits per heavy atom. The number of hydrogen-bond donors (Lipinski definition) is 2. The molecule has 0 aliphatic heterocycles. The van der Waals surface area contributed by atoms with Crippen molar-refractivity contribution in [3.05, 3.63) is 42.4 Å². The molecule has 0 saturated heterocycles. The van der Waals surface area contributed by atoms with E-state index in [9.17, 15) is 4.79 Å². The Labute approximate surface area is 108 Å². The minimum absolute atomic E-state index is 0.166. The molecule has 2 rings (SSSR count). The molecule has 96 valence electrons. The van der Waals surface area contributed by atoms with Crippen LogP contribution in [0, 0.1) is 5.92 Å². The number of rotatable bonds is 4. The highest BCUT2D eigenvalue weighted by atomic mass is 16.2. The van der Waals surface area contributed by atoms with Crippen LogP contribution in [-0.4, -0.2) is 11.0 Å². The van der Waals surface area contributed by atoms with Crippen LogP contribution in [0.25, 0.3) is 0 Å². The van der Waals surface area contributed by atoms with Gasteiger partial charge in [-0.1, -0.05) is 18.9 Å². The second-order valence-corrected chi connectivity index (χ2v) is 4.59. The summed E-state index contributed by atoms with van der Waals surface area (Å²) in [5.41, 5.74) is 1.04. The van der Waals surface area contributed by atoms with E-state index < -0.39 is 0 Å². The highest BCUT2D eigenvalue weighted by Crippen LogP contribution is 2.25. The molecule has 1 aliphatic carbocycles. The van der Waals surface area contributed by atoms with Crippen LogP contribution in [0.5, 0.6) is 0 Å².